The van der Waals surface area contributed by atoms with Gasteiger partial charge in [-0.05, 0) is 25.5 Å². The molecule has 3 rings (SSSR count). The molecule has 0 saturated carbocycles. The Hall–Kier alpha value is -1.39. The number of rotatable bonds is 3. The summed E-state index contributed by atoms with van der Waals surface area (Å²) < 4.78 is 21.6. The number of aromatic nitrogens is 1. The van der Waals surface area contributed by atoms with Gasteiger partial charge in [0.2, 0.25) is 0 Å². The molecule has 1 aliphatic rings. The minimum absolute atomic E-state index is 0.135. The number of nitrogens with zero attached hydrogens (tertiary/aromatic N) is 2. The Morgan fingerprint density at radius 3 is 2.70 bits per heavy atom. The Kier molecular flexibility index (Phi) is 3.76. The van der Waals surface area contributed by atoms with Crippen molar-refractivity contribution in [3.63, 3.8) is 0 Å². The number of hydrogen-bond donors (Lipinski definition) is 0. The van der Waals surface area contributed by atoms with Crippen LogP contribution in [0.2, 0.25) is 0 Å². The Bertz CT molecular complexity index is 600. The number of morpholine rings is 1. The molecule has 1 aromatic carbocycles. The van der Waals surface area contributed by atoms with Gasteiger partial charge >= 0.3 is 0 Å². The van der Waals surface area contributed by atoms with E-state index >= 15 is 0 Å². The molecule has 3 nitrogen and oxygen atoms in total. The molecule has 0 radical (unpaired) electrons. The molecular formula is C16H21FN2O. The third-order valence-electron chi connectivity index (χ3n) is 3.94. The summed E-state index contributed by atoms with van der Waals surface area (Å²) in [7, 11) is 0. The van der Waals surface area contributed by atoms with E-state index in [2.05, 4.69) is 24.9 Å². The van der Waals surface area contributed by atoms with E-state index in [0.29, 0.717) is 0 Å². The van der Waals surface area contributed by atoms with E-state index in [-0.39, 0.29) is 11.9 Å². The fourth-order valence-electron chi connectivity index (χ4n) is 2.87. The molecule has 0 unspecified atom stereocenters. The first kappa shape index (κ1) is 13.6. The van der Waals surface area contributed by atoms with Crippen molar-refractivity contribution in [2.45, 2.75) is 26.4 Å². The van der Waals surface area contributed by atoms with Gasteiger partial charge in [0.05, 0.1) is 18.7 Å². The van der Waals surface area contributed by atoms with Gasteiger partial charge in [-0.2, -0.15) is 0 Å². The van der Waals surface area contributed by atoms with Crippen LogP contribution in [0.25, 0.3) is 10.9 Å². The summed E-state index contributed by atoms with van der Waals surface area (Å²) in [6.45, 7) is 8.51. The van der Waals surface area contributed by atoms with Gasteiger partial charge in [0.25, 0.3) is 0 Å². The first-order valence-electron chi connectivity index (χ1n) is 7.25. The summed E-state index contributed by atoms with van der Waals surface area (Å²) in [5.74, 6) is -0.135. The highest BCUT2D eigenvalue weighted by atomic mass is 19.1. The molecule has 1 fully saturated rings. The van der Waals surface area contributed by atoms with Crippen LogP contribution in [0.15, 0.2) is 24.4 Å². The maximum Gasteiger partial charge on any atom is 0.147 e. The minimum Gasteiger partial charge on any atom is -0.379 e. The largest absolute Gasteiger partial charge is 0.379 e. The summed E-state index contributed by atoms with van der Waals surface area (Å²) >= 11 is 0. The zero-order valence-corrected chi connectivity index (χ0v) is 12.1. The quantitative estimate of drug-likeness (QED) is 0.856. The lowest BCUT2D eigenvalue weighted by Crippen LogP contribution is -2.35. The van der Waals surface area contributed by atoms with Gasteiger partial charge in [-0.3, -0.25) is 4.90 Å². The molecule has 0 spiro atoms. The summed E-state index contributed by atoms with van der Waals surface area (Å²) in [6, 6.07) is 5.62. The van der Waals surface area contributed by atoms with Crippen molar-refractivity contribution in [1.82, 2.24) is 9.47 Å². The third kappa shape index (κ3) is 2.45. The van der Waals surface area contributed by atoms with Crippen LogP contribution in [0, 0.1) is 5.82 Å². The van der Waals surface area contributed by atoms with Gasteiger partial charge in [0, 0.05) is 37.3 Å². The SMILES string of the molecule is CC(C)n1cc(CN2CCOCC2)c2cccc(F)c21. The lowest BCUT2D eigenvalue weighted by molar-refractivity contribution is 0.0343. The highest BCUT2D eigenvalue weighted by molar-refractivity contribution is 5.84. The zero-order valence-electron chi connectivity index (χ0n) is 12.1. The van der Waals surface area contributed by atoms with E-state index in [4.69, 9.17) is 4.74 Å². The van der Waals surface area contributed by atoms with Gasteiger partial charge in [0.15, 0.2) is 0 Å². The maximum absolute atomic E-state index is 14.1. The summed E-state index contributed by atoms with van der Waals surface area (Å²) in [6.07, 6.45) is 2.11. The van der Waals surface area contributed by atoms with Crippen LogP contribution in [0.3, 0.4) is 0 Å². The second-order valence-electron chi connectivity index (χ2n) is 5.68. The number of benzene rings is 1. The van der Waals surface area contributed by atoms with E-state index < -0.39 is 0 Å². The molecule has 1 aromatic heterocycles. The Morgan fingerprint density at radius 2 is 2.00 bits per heavy atom. The molecule has 0 aliphatic carbocycles. The van der Waals surface area contributed by atoms with Crippen molar-refractivity contribution in [2.75, 3.05) is 26.3 Å². The molecule has 0 atom stereocenters. The predicted octanol–water partition coefficient (Wildman–Crippen LogP) is 3.19. The highest BCUT2D eigenvalue weighted by Gasteiger charge is 2.17. The van der Waals surface area contributed by atoms with E-state index in [9.17, 15) is 4.39 Å². The van der Waals surface area contributed by atoms with Crippen LogP contribution in [-0.4, -0.2) is 35.8 Å². The number of fused-ring (bicyclic) bond motifs is 1. The minimum atomic E-state index is -0.135. The monoisotopic (exact) mass is 276 g/mol. The molecule has 108 valence electrons. The molecule has 1 aliphatic heterocycles. The smallest absolute Gasteiger partial charge is 0.147 e. The van der Waals surface area contributed by atoms with Gasteiger partial charge in [0.1, 0.15) is 5.82 Å². The van der Waals surface area contributed by atoms with Crippen molar-refractivity contribution in [3.05, 3.63) is 35.8 Å². The summed E-state index contributed by atoms with van der Waals surface area (Å²) in [4.78, 5) is 2.37. The molecule has 4 heteroatoms. The van der Waals surface area contributed by atoms with Crippen LogP contribution >= 0.6 is 0 Å². The average Bonchev–Trinajstić information content (AvgIpc) is 2.81. The molecule has 20 heavy (non-hydrogen) atoms. The Morgan fingerprint density at radius 1 is 1.25 bits per heavy atom. The molecule has 0 N–H and O–H groups in total. The number of hydrogen-bond acceptors (Lipinski definition) is 2. The van der Waals surface area contributed by atoms with E-state index in [1.165, 1.54) is 5.56 Å². The molecule has 0 amide bonds. The van der Waals surface area contributed by atoms with Crippen LogP contribution in [0.4, 0.5) is 4.39 Å². The fraction of sp³-hybridized carbons (Fsp3) is 0.500. The topological polar surface area (TPSA) is 17.4 Å². The molecule has 0 bridgehead atoms. The van der Waals surface area contributed by atoms with E-state index in [0.717, 1.165) is 43.8 Å². The Balaban J connectivity index is 2.00. The first-order chi connectivity index (χ1) is 9.66. The van der Waals surface area contributed by atoms with Crippen LogP contribution in [0.5, 0.6) is 0 Å². The first-order valence-corrected chi connectivity index (χ1v) is 7.25. The number of para-hydroxylation sites is 1. The second-order valence-corrected chi connectivity index (χ2v) is 5.68. The lowest BCUT2D eigenvalue weighted by atomic mass is 10.1. The predicted molar refractivity (Wildman–Crippen MR) is 78.4 cm³/mol. The molecular weight excluding hydrogens is 255 g/mol. The van der Waals surface area contributed by atoms with Crippen molar-refractivity contribution in [3.8, 4) is 0 Å². The van der Waals surface area contributed by atoms with Gasteiger partial charge in [-0.15, -0.1) is 0 Å². The lowest BCUT2D eigenvalue weighted by Gasteiger charge is -2.26. The third-order valence-corrected chi connectivity index (χ3v) is 3.94. The van der Waals surface area contributed by atoms with Crippen molar-refractivity contribution in [1.29, 1.82) is 0 Å². The Labute approximate surface area is 118 Å². The van der Waals surface area contributed by atoms with Gasteiger partial charge in [-0.1, -0.05) is 12.1 Å². The van der Waals surface area contributed by atoms with Gasteiger partial charge in [-0.25, -0.2) is 4.39 Å². The summed E-state index contributed by atoms with van der Waals surface area (Å²) in [5.41, 5.74) is 1.93. The fourth-order valence-corrected chi connectivity index (χ4v) is 2.87. The van der Waals surface area contributed by atoms with E-state index in [1.807, 2.05) is 10.6 Å². The maximum atomic E-state index is 14.1. The van der Waals surface area contributed by atoms with Crippen molar-refractivity contribution in [2.24, 2.45) is 0 Å². The van der Waals surface area contributed by atoms with Crippen molar-refractivity contribution < 1.29 is 9.13 Å². The number of ether oxygens (including phenoxy) is 1. The highest BCUT2D eigenvalue weighted by Crippen LogP contribution is 2.28. The standard InChI is InChI=1S/C16H21FN2O/c1-12(2)19-11-13(10-18-6-8-20-9-7-18)14-4-3-5-15(17)16(14)19/h3-5,11-12H,6-10H2,1-2H3. The van der Waals surface area contributed by atoms with Crippen molar-refractivity contribution >= 4 is 10.9 Å². The van der Waals surface area contributed by atoms with Crippen LogP contribution < -0.4 is 0 Å². The summed E-state index contributed by atoms with van der Waals surface area (Å²) in [5, 5.41) is 1.03. The molecule has 1 saturated heterocycles. The van der Waals surface area contributed by atoms with Crippen LogP contribution in [-0.2, 0) is 11.3 Å². The second kappa shape index (κ2) is 5.54. The van der Waals surface area contributed by atoms with Crippen LogP contribution in [0.1, 0.15) is 25.5 Å². The number of halogens is 1. The molecule has 2 aromatic rings. The van der Waals surface area contributed by atoms with E-state index in [1.54, 1.807) is 12.1 Å². The molecule has 2 heterocycles. The zero-order chi connectivity index (χ0) is 14.1. The van der Waals surface area contributed by atoms with Gasteiger partial charge < -0.3 is 9.30 Å². The normalized spacial score (nSPS) is 17.2. The average molecular weight is 276 g/mol.